The molecular formula is C13H3Cl7O3. The molecule has 10 heteroatoms. The Kier molecular flexibility index (Phi) is 6.07. The standard InChI is InChI=1S/C13H3Cl7O3/c14-4-1-3(11(21)9(19)7(4)17)13(22)23-12-6(16)2-5(15)8(18)10(12)20/h1-2,21H. The van der Waals surface area contributed by atoms with Crippen molar-refractivity contribution in [3.8, 4) is 11.5 Å². The average Bonchev–Trinajstić information content (AvgIpc) is 2.50. The Balaban J connectivity index is 2.48. The molecule has 0 aromatic heterocycles. The van der Waals surface area contributed by atoms with E-state index in [0.29, 0.717) is 0 Å². The Morgan fingerprint density at radius 2 is 1.30 bits per heavy atom. The van der Waals surface area contributed by atoms with Crippen LogP contribution in [0.25, 0.3) is 0 Å². The summed E-state index contributed by atoms with van der Waals surface area (Å²) in [5.74, 6) is -1.85. The second-order valence-corrected chi connectivity index (χ2v) is 6.80. The van der Waals surface area contributed by atoms with Crippen LogP contribution in [0.3, 0.4) is 0 Å². The van der Waals surface area contributed by atoms with Gasteiger partial charge in [0.2, 0.25) is 0 Å². The van der Waals surface area contributed by atoms with E-state index < -0.39 is 11.7 Å². The van der Waals surface area contributed by atoms with Crippen molar-refractivity contribution in [2.24, 2.45) is 0 Å². The number of halogens is 7. The topological polar surface area (TPSA) is 46.5 Å². The summed E-state index contributed by atoms with van der Waals surface area (Å²) in [6, 6.07) is 2.34. The van der Waals surface area contributed by atoms with Crippen LogP contribution in [0.1, 0.15) is 10.4 Å². The molecule has 0 fully saturated rings. The van der Waals surface area contributed by atoms with Crippen molar-refractivity contribution in [3.63, 3.8) is 0 Å². The van der Waals surface area contributed by atoms with Crippen LogP contribution in [0.4, 0.5) is 0 Å². The Morgan fingerprint density at radius 1 is 0.783 bits per heavy atom. The van der Waals surface area contributed by atoms with Crippen LogP contribution < -0.4 is 4.74 Å². The number of phenols is 1. The number of aromatic hydroxyl groups is 1. The molecule has 1 N–H and O–H groups in total. The van der Waals surface area contributed by atoms with E-state index in [1.807, 2.05) is 0 Å². The number of esters is 1. The van der Waals surface area contributed by atoms with Gasteiger partial charge in [-0.2, -0.15) is 0 Å². The Labute approximate surface area is 165 Å². The minimum atomic E-state index is -1.02. The summed E-state index contributed by atoms with van der Waals surface area (Å²) in [5, 5.41) is 9.28. The lowest BCUT2D eigenvalue weighted by atomic mass is 10.2. The predicted molar refractivity (Wildman–Crippen MR) is 94.6 cm³/mol. The van der Waals surface area contributed by atoms with Gasteiger partial charge in [0.05, 0.1) is 25.1 Å². The lowest BCUT2D eigenvalue weighted by Gasteiger charge is -2.12. The van der Waals surface area contributed by atoms with Crippen LogP contribution in [0.5, 0.6) is 11.5 Å². The highest BCUT2D eigenvalue weighted by molar-refractivity contribution is 6.50. The zero-order valence-electron chi connectivity index (χ0n) is 10.6. The molecule has 0 aliphatic heterocycles. The van der Waals surface area contributed by atoms with Gasteiger partial charge in [-0.05, 0) is 12.1 Å². The number of rotatable bonds is 2. The molecule has 0 aliphatic rings. The van der Waals surface area contributed by atoms with Gasteiger partial charge in [-0.3, -0.25) is 0 Å². The van der Waals surface area contributed by atoms with E-state index in [1.165, 1.54) is 6.07 Å². The molecule has 2 aromatic carbocycles. The molecule has 0 atom stereocenters. The smallest absolute Gasteiger partial charge is 0.347 e. The second-order valence-electron chi connectivity index (χ2n) is 4.07. The minimum absolute atomic E-state index is 0.0445. The first-order chi connectivity index (χ1) is 10.6. The zero-order valence-corrected chi connectivity index (χ0v) is 15.9. The molecule has 0 amide bonds. The van der Waals surface area contributed by atoms with Crippen molar-refractivity contribution >= 4 is 87.2 Å². The molecule has 122 valence electrons. The van der Waals surface area contributed by atoms with Crippen molar-refractivity contribution in [2.45, 2.75) is 0 Å². The van der Waals surface area contributed by atoms with Gasteiger partial charge in [0, 0.05) is 0 Å². The molecule has 0 saturated heterocycles. The summed E-state index contributed by atoms with van der Waals surface area (Å²) in [6.07, 6.45) is 0. The van der Waals surface area contributed by atoms with Gasteiger partial charge < -0.3 is 9.84 Å². The lowest BCUT2D eigenvalue weighted by Crippen LogP contribution is -2.10. The Bertz CT molecular complexity index is 820. The normalized spacial score (nSPS) is 10.7. The SMILES string of the molecule is O=C(Oc1c(Cl)cc(Cl)c(Cl)c1Cl)c1cc(Cl)c(Cl)c(Cl)c1O. The van der Waals surface area contributed by atoms with Crippen molar-refractivity contribution in [3.05, 3.63) is 52.9 Å². The summed E-state index contributed by atoms with van der Waals surface area (Å²) in [4.78, 5) is 12.2. The molecule has 2 rings (SSSR count). The lowest BCUT2D eigenvalue weighted by molar-refractivity contribution is 0.0732. The highest BCUT2D eigenvalue weighted by atomic mass is 35.5. The van der Waals surface area contributed by atoms with Gasteiger partial charge in [0.25, 0.3) is 0 Å². The van der Waals surface area contributed by atoms with Crippen molar-refractivity contribution < 1.29 is 14.6 Å². The molecule has 0 aliphatic carbocycles. The first kappa shape index (κ1) is 19.1. The van der Waals surface area contributed by atoms with Gasteiger partial charge >= 0.3 is 5.97 Å². The van der Waals surface area contributed by atoms with Gasteiger partial charge in [-0.15, -0.1) is 0 Å². The summed E-state index contributed by atoms with van der Waals surface area (Å²) in [7, 11) is 0. The number of hydrogen-bond donors (Lipinski definition) is 1. The summed E-state index contributed by atoms with van der Waals surface area (Å²) in [5.41, 5.74) is -0.331. The van der Waals surface area contributed by atoms with E-state index in [2.05, 4.69) is 0 Å². The fraction of sp³-hybridized carbons (Fsp3) is 0. The van der Waals surface area contributed by atoms with Crippen LogP contribution in [-0.4, -0.2) is 11.1 Å². The first-order valence-electron chi connectivity index (χ1n) is 5.56. The van der Waals surface area contributed by atoms with Crippen LogP contribution in [0.2, 0.25) is 35.2 Å². The molecule has 0 bridgehead atoms. The number of carbonyl (C=O) groups excluding carboxylic acids is 1. The van der Waals surface area contributed by atoms with Gasteiger partial charge in [-0.25, -0.2) is 4.79 Å². The quantitative estimate of drug-likeness (QED) is 0.226. The maximum absolute atomic E-state index is 12.2. The molecular weight excluding hydrogens is 452 g/mol. The number of ether oxygens (including phenoxy) is 1. The summed E-state index contributed by atoms with van der Waals surface area (Å²) in [6.45, 7) is 0. The second kappa shape index (κ2) is 7.32. The van der Waals surface area contributed by atoms with Crippen LogP contribution >= 0.6 is 81.2 Å². The highest BCUT2D eigenvalue weighted by Crippen LogP contribution is 2.44. The molecule has 0 radical (unpaired) electrons. The predicted octanol–water partition coefficient (Wildman–Crippen LogP) is 7.19. The number of hydrogen-bond acceptors (Lipinski definition) is 3. The maximum atomic E-state index is 12.2. The van der Waals surface area contributed by atoms with Crippen molar-refractivity contribution in [1.82, 2.24) is 0 Å². The number of carbonyl (C=O) groups is 1. The molecule has 0 saturated carbocycles. The largest absolute Gasteiger partial charge is 0.505 e. The summed E-state index contributed by atoms with van der Waals surface area (Å²) >= 11 is 40.9. The molecule has 0 unspecified atom stereocenters. The number of phenolic OH excluding ortho intramolecular Hbond substituents is 1. The molecule has 0 spiro atoms. The third-order valence-electron chi connectivity index (χ3n) is 2.62. The van der Waals surface area contributed by atoms with E-state index in [0.717, 1.165) is 6.07 Å². The maximum Gasteiger partial charge on any atom is 0.347 e. The van der Waals surface area contributed by atoms with E-state index in [9.17, 15) is 9.90 Å². The highest BCUT2D eigenvalue weighted by Gasteiger charge is 2.24. The molecule has 3 nitrogen and oxygen atoms in total. The van der Waals surface area contributed by atoms with E-state index in [-0.39, 0.29) is 46.5 Å². The van der Waals surface area contributed by atoms with E-state index >= 15 is 0 Å². The van der Waals surface area contributed by atoms with Crippen LogP contribution in [-0.2, 0) is 0 Å². The fourth-order valence-corrected chi connectivity index (χ4v) is 3.11. The van der Waals surface area contributed by atoms with E-state index in [4.69, 9.17) is 85.9 Å². The van der Waals surface area contributed by atoms with Gasteiger partial charge in [-0.1, -0.05) is 81.2 Å². The monoisotopic (exact) mass is 452 g/mol. The van der Waals surface area contributed by atoms with Crippen molar-refractivity contribution in [2.75, 3.05) is 0 Å². The third-order valence-corrected chi connectivity index (χ3v) is 5.40. The third kappa shape index (κ3) is 3.72. The molecule has 23 heavy (non-hydrogen) atoms. The van der Waals surface area contributed by atoms with Gasteiger partial charge in [0.15, 0.2) is 5.75 Å². The minimum Gasteiger partial charge on any atom is -0.505 e. The first-order valence-corrected chi connectivity index (χ1v) is 8.21. The fourth-order valence-electron chi connectivity index (χ4n) is 1.53. The zero-order chi connectivity index (χ0) is 17.5. The summed E-state index contributed by atoms with van der Waals surface area (Å²) < 4.78 is 5.06. The molecule has 0 heterocycles. The van der Waals surface area contributed by atoms with Crippen LogP contribution in [0, 0.1) is 0 Å². The van der Waals surface area contributed by atoms with Gasteiger partial charge in [0.1, 0.15) is 21.4 Å². The van der Waals surface area contributed by atoms with E-state index in [1.54, 1.807) is 0 Å². The molecule has 2 aromatic rings. The Hall–Kier alpha value is -0.260. The average molecular weight is 455 g/mol. The number of benzene rings is 2. The Morgan fingerprint density at radius 3 is 1.91 bits per heavy atom. The van der Waals surface area contributed by atoms with Crippen LogP contribution in [0.15, 0.2) is 12.1 Å². The van der Waals surface area contributed by atoms with Crippen molar-refractivity contribution in [1.29, 1.82) is 0 Å².